The molecule has 3 aromatic rings. The Morgan fingerprint density at radius 3 is 1.65 bits per heavy atom. The van der Waals surface area contributed by atoms with E-state index in [9.17, 15) is 61.1 Å². The van der Waals surface area contributed by atoms with E-state index in [1.54, 1.807) is 96.1 Å². The molecule has 2 aliphatic heterocycles. The van der Waals surface area contributed by atoms with Crippen molar-refractivity contribution in [2.75, 3.05) is 75.0 Å². The fraction of sp³-hybridized carbons (Fsp3) is 0.571. The van der Waals surface area contributed by atoms with E-state index in [0.29, 0.717) is 54.1 Å². The van der Waals surface area contributed by atoms with Crippen molar-refractivity contribution in [2.24, 2.45) is 17.8 Å². The normalized spacial score (nSPS) is 23.6. The molecule has 9 atom stereocenters. The van der Waals surface area contributed by atoms with Crippen molar-refractivity contribution in [2.45, 2.75) is 167 Å². The van der Waals surface area contributed by atoms with Crippen LogP contribution in [0.1, 0.15) is 116 Å². The molecular weight excluding hydrogens is 1290 g/mol. The van der Waals surface area contributed by atoms with Crippen LogP contribution in [0.3, 0.4) is 0 Å². The summed E-state index contributed by atoms with van der Waals surface area (Å²) >= 11 is 6.21. The largest absolute Gasteiger partial charge is 0.416 e. The number of nitrogens with one attached hydrogen (secondary N) is 5. The van der Waals surface area contributed by atoms with Crippen molar-refractivity contribution < 1.29 is 70.7 Å². The highest BCUT2D eigenvalue weighted by Gasteiger charge is 2.41. The van der Waals surface area contributed by atoms with Gasteiger partial charge in [-0.05, 0) is 104 Å². The quantitative estimate of drug-likeness (QED) is 0.152. The number of alkyl halides is 3. The van der Waals surface area contributed by atoms with Gasteiger partial charge in [0.25, 0.3) is 0 Å². The zero-order valence-electron chi connectivity index (χ0n) is 58.5. The number of rotatable bonds is 14. The molecule has 1 unspecified atom stereocenters. The Hall–Kier alpha value is -8.62. The van der Waals surface area contributed by atoms with Crippen LogP contribution in [0.25, 0.3) is 0 Å². The number of hydrogen-bond acceptors (Lipinski definition) is 12. The van der Waals surface area contributed by atoms with Crippen LogP contribution >= 0.6 is 11.6 Å². The van der Waals surface area contributed by atoms with Gasteiger partial charge in [-0.1, -0.05) is 114 Å². The second-order valence-electron chi connectivity index (χ2n) is 26.7. The van der Waals surface area contributed by atoms with Gasteiger partial charge >= 0.3 is 6.18 Å². The van der Waals surface area contributed by atoms with Gasteiger partial charge in [0.1, 0.15) is 48.3 Å². The van der Waals surface area contributed by atoms with E-state index >= 15 is 9.59 Å². The summed E-state index contributed by atoms with van der Waals surface area (Å²) in [4.78, 5) is 183. The molecular formula is C70H98ClF3N12O12. The van der Waals surface area contributed by atoms with E-state index in [0.717, 1.165) is 41.5 Å². The summed E-state index contributed by atoms with van der Waals surface area (Å²) in [7, 11) is 7.97. The summed E-state index contributed by atoms with van der Waals surface area (Å²) < 4.78 is 41.0. The molecule has 0 aliphatic carbocycles. The Balaban J connectivity index is 1.62. The predicted molar refractivity (Wildman–Crippen MR) is 362 cm³/mol. The Morgan fingerprint density at radius 1 is 0.541 bits per heavy atom. The molecule has 5 N–H and O–H groups in total. The molecule has 0 radical (unpaired) electrons. The van der Waals surface area contributed by atoms with Crippen molar-refractivity contribution in [1.82, 2.24) is 60.9 Å². The molecule has 24 nitrogen and oxygen atoms in total. The van der Waals surface area contributed by atoms with Crippen molar-refractivity contribution >= 4 is 82.5 Å². The summed E-state index contributed by atoms with van der Waals surface area (Å²) in [5.74, 6) is -10.2. The number of hydrogen-bond donors (Lipinski definition) is 5. The van der Waals surface area contributed by atoms with Crippen molar-refractivity contribution in [1.29, 1.82) is 0 Å². The van der Waals surface area contributed by atoms with Crippen LogP contribution in [0.2, 0.25) is 5.02 Å². The van der Waals surface area contributed by atoms with Crippen LogP contribution in [0.4, 0.5) is 13.2 Å². The second-order valence-corrected chi connectivity index (χ2v) is 27.2. The number of likely N-dealkylation sites (N-methyl/N-ethyl adjacent to an activating group) is 6. The van der Waals surface area contributed by atoms with Gasteiger partial charge in [-0.15, -0.1) is 0 Å². The van der Waals surface area contributed by atoms with Gasteiger partial charge in [-0.2, -0.15) is 13.2 Å². The Morgan fingerprint density at radius 2 is 1.07 bits per heavy atom. The SMILES string of the molecule is CC[C@H](C)[C@@H]1NC(=O)[C@H](C)N(C)C(=O)CC(C(=O)N2CCCC2)NC(=O)[C@H](CC(C)C)NC(=O)[C@H](Cc2ccccc2)N(C)C(=O)[C@H](CC(C)C)NC(=O)[C@H](CCc2ccc(C(F)(F)F)cc2)NC(=O)CN(C)C(=O)[C@H](Cc2ccc(Cl)cc2)N(C)C(=O)CN(C)C(=O)CN(C)C1=O. The molecule has 3 aromatic carbocycles. The number of likely N-dealkylation sites (tertiary alicyclic amines) is 1. The lowest BCUT2D eigenvalue weighted by atomic mass is 9.97. The first-order valence-electron chi connectivity index (χ1n) is 33.3. The molecule has 5 rings (SSSR count). The Kier molecular flexibility index (Phi) is 30.1. The summed E-state index contributed by atoms with van der Waals surface area (Å²) in [6, 6.07) is 8.31. The monoisotopic (exact) mass is 1390 g/mol. The van der Waals surface area contributed by atoms with Crippen LogP contribution in [-0.4, -0.2) is 229 Å². The molecule has 0 aromatic heterocycles. The van der Waals surface area contributed by atoms with E-state index in [1.807, 2.05) is 0 Å². The Labute approximate surface area is 577 Å². The van der Waals surface area contributed by atoms with Gasteiger partial charge in [0.05, 0.1) is 31.6 Å². The van der Waals surface area contributed by atoms with Crippen LogP contribution in [0.5, 0.6) is 0 Å². The van der Waals surface area contributed by atoms with Gasteiger partial charge < -0.3 is 60.9 Å². The zero-order chi connectivity index (χ0) is 73.0. The predicted octanol–water partition coefficient (Wildman–Crippen LogP) is 4.24. The average Bonchev–Trinajstić information content (AvgIpc) is 0.898. The van der Waals surface area contributed by atoms with Gasteiger partial charge in [-0.3, -0.25) is 57.5 Å². The van der Waals surface area contributed by atoms with Gasteiger partial charge in [-0.25, -0.2) is 0 Å². The first kappa shape index (κ1) is 80.1. The molecule has 538 valence electrons. The molecule has 98 heavy (non-hydrogen) atoms. The van der Waals surface area contributed by atoms with E-state index in [-0.39, 0.29) is 50.4 Å². The van der Waals surface area contributed by atoms with E-state index in [1.165, 1.54) is 66.2 Å². The maximum Gasteiger partial charge on any atom is 0.416 e. The molecule has 0 saturated carbocycles. The number of amides is 12. The average molecular weight is 1390 g/mol. The van der Waals surface area contributed by atoms with Crippen LogP contribution in [0, 0.1) is 17.8 Å². The maximum atomic E-state index is 15.2. The van der Waals surface area contributed by atoms with E-state index in [4.69, 9.17) is 11.6 Å². The van der Waals surface area contributed by atoms with Gasteiger partial charge in [0.2, 0.25) is 70.9 Å². The lowest BCUT2D eigenvalue weighted by molar-refractivity contribution is -0.148. The summed E-state index contributed by atoms with van der Waals surface area (Å²) in [5.41, 5.74) is 0.575. The zero-order valence-corrected chi connectivity index (χ0v) is 59.3. The highest BCUT2D eigenvalue weighted by atomic mass is 35.5. The van der Waals surface area contributed by atoms with Crippen LogP contribution in [0.15, 0.2) is 78.9 Å². The first-order valence-corrected chi connectivity index (χ1v) is 33.6. The number of carbonyl (C=O) groups excluding carboxylic acids is 12. The molecule has 2 saturated heterocycles. The molecule has 12 amide bonds. The highest BCUT2D eigenvalue weighted by molar-refractivity contribution is 6.30. The van der Waals surface area contributed by atoms with Crippen molar-refractivity contribution in [3.63, 3.8) is 0 Å². The molecule has 2 aliphatic rings. The minimum Gasteiger partial charge on any atom is -0.343 e. The van der Waals surface area contributed by atoms with Crippen LogP contribution in [-0.2, 0) is 83.0 Å². The molecule has 0 spiro atoms. The van der Waals surface area contributed by atoms with Crippen molar-refractivity contribution in [3.05, 3.63) is 106 Å². The minimum absolute atomic E-state index is 0.00929. The van der Waals surface area contributed by atoms with Gasteiger partial charge in [0.15, 0.2) is 0 Å². The van der Waals surface area contributed by atoms with Gasteiger partial charge in [0, 0.05) is 73.2 Å². The number of halogens is 4. The highest BCUT2D eigenvalue weighted by Crippen LogP contribution is 2.30. The standard InChI is InChI=1S/C70H98ClF3N12O12/c1-14-44(6)61-69(98)82(10)40-59(89)80(8)41-60(90)84(12)56(37-48-24-29-50(71)30-25-48)68(97)81(9)39-57(87)75-51(31-26-46-22-27-49(28-23-46)70(72,73)74)63(92)77-53(35-43(4)5)66(95)85(13)55(36-47-20-16-15-17-21-47)65(94)76-52(34-42(2)3)64(93)78-54(67(96)86-32-18-19-33-86)38-58(88)83(11)45(7)62(91)79-61/h15-17,20-25,27-30,42-45,51-56,61H,14,18-19,26,31-41H2,1-13H3,(H,75,87)(H,76,94)(H,77,92)(H,78,93)(H,79,91)/t44-,45-,51-,52-,53-,54?,55-,56-,61-/m0/s1. The van der Waals surface area contributed by atoms with E-state index in [2.05, 4.69) is 26.6 Å². The summed E-state index contributed by atoms with van der Waals surface area (Å²) in [5, 5.41) is 14.1. The maximum absolute atomic E-state index is 15.2. The third-order valence-corrected chi connectivity index (χ3v) is 18.3. The summed E-state index contributed by atoms with van der Waals surface area (Å²) in [6.07, 6.45) is -4.15. The summed E-state index contributed by atoms with van der Waals surface area (Å²) in [6.45, 7) is 10.9. The number of aryl methyl sites for hydroxylation is 1. The molecule has 28 heteroatoms. The lowest BCUT2D eigenvalue weighted by Crippen LogP contribution is -2.60. The first-order chi connectivity index (χ1) is 46.0. The topological polar surface area (TPSA) is 288 Å². The fourth-order valence-corrected chi connectivity index (χ4v) is 11.7. The Bertz CT molecular complexity index is 3280. The molecule has 2 fully saturated rings. The van der Waals surface area contributed by atoms with Crippen molar-refractivity contribution in [3.8, 4) is 0 Å². The third-order valence-electron chi connectivity index (χ3n) is 18.0. The number of nitrogens with zero attached hydrogens (tertiary/aromatic N) is 7. The molecule has 2 heterocycles. The third kappa shape index (κ3) is 23.3. The minimum atomic E-state index is -4.65. The number of benzene rings is 3. The van der Waals surface area contributed by atoms with Crippen LogP contribution < -0.4 is 26.6 Å². The lowest BCUT2D eigenvalue weighted by Gasteiger charge is -2.34. The smallest absolute Gasteiger partial charge is 0.343 e. The second kappa shape index (κ2) is 36.8. The van der Waals surface area contributed by atoms with E-state index < -0.39 is 163 Å². The molecule has 0 bridgehead atoms. The number of carbonyl (C=O) groups is 12. The fourth-order valence-electron chi connectivity index (χ4n) is 11.6.